The quantitative estimate of drug-likeness (QED) is 0.675. The maximum absolute atomic E-state index is 12.6. The standard InChI is InChI=1S/C26H36N6O/c33-26(29-21-8-13-27-14-9-21)24-6-3-7-25(30-24)32-17-12-22(19-32)28-18-20-10-15-31(16-11-20)23-4-1-2-5-23/h3,6-9,13-14,20,22-23,28H,1-2,4-5,10-12,15-19H2,(H,27,29,33)/t22-/m1/s1. The van der Waals surface area contributed by atoms with E-state index in [1.165, 1.54) is 51.6 Å². The molecule has 0 unspecified atom stereocenters. The Morgan fingerprint density at radius 1 is 0.970 bits per heavy atom. The van der Waals surface area contributed by atoms with Crippen molar-refractivity contribution in [1.82, 2.24) is 20.2 Å². The van der Waals surface area contributed by atoms with Crippen molar-refractivity contribution in [3.63, 3.8) is 0 Å². The third-order valence-corrected chi connectivity index (χ3v) is 7.60. The van der Waals surface area contributed by atoms with Crippen molar-refractivity contribution in [2.75, 3.05) is 42.9 Å². The molecule has 3 fully saturated rings. The average Bonchev–Trinajstić information content (AvgIpc) is 3.57. The molecule has 2 N–H and O–H groups in total. The number of carbonyl (C=O) groups excluding carboxylic acids is 1. The number of nitrogens with zero attached hydrogens (tertiary/aromatic N) is 4. The molecule has 2 aromatic rings. The summed E-state index contributed by atoms with van der Waals surface area (Å²) in [5.41, 5.74) is 1.16. The highest BCUT2D eigenvalue weighted by Crippen LogP contribution is 2.28. The van der Waals surface area contributed by atoms with Crippen molar-refractivity contribution in [2.24, 2.45) is 5.92 Å². The van der Waals surface area contributed by atoms with Crippen LogP contribution in [0.15, 0.2) is 42.7 Å². The lowest BCUT2D eigenvalue weighted by Gasteiger charge is -2.36. The summed E-state index contributed by atoms with van der Waals surface area (Å²) in [7, 11) is 0. The summed E-state index contributed by atoms with van der Waals surface area (Å²) in [6, 6.07) is 10.6. The van der Waals surface area contributed by atoms with Crippen molar-refractivity contribution in [3.05, 3.63) is 48.4 Å². The number of carbonyl (C=O) groups is 1. The zero-order chi connectivity index (χ0) is 22.5. The first-order valence-corrected chi connectivity index (χ1v) is 12.7. The van der Waals surface area contributed by atoms with E-state index in [2.05, 4.69) is 30.4 Å². The van der Waals surface area contributed by atoms with Gasteiger partial charge in [0.05, 0.1) is 0 Å². The molecule has 2 aromatic heterocycles. The van der Waals surface area contributed by atoms with Gasteiger partial charge in [-0.05, 0) is 81.9 Å². The molecule has 7 heteroatoms. The molecule has 0 spiro atoms. The van der Waals surface area contributed by atoms with Gasteiger partial charge >= 0.3 is 0 Å². The van der Waals surface area contributed by atoms with Crippen LogP contribution in [-0.2, 0) is 0 Å². The molecule has 3 aliphatic rings. The average molecular weight is 449 g/mol. The summed E-state index contributed by atoms with van der Waals surface area (Å²) in [6.07, 6.45) is 12.8. The summed E-state index contributed by atoms with van der Waals surface area (Å²) >= 11 is 0. The lowest BCUT2D eigenvalue weighted by Crippen LogP contribution is -2.43. The molecule has 2 saturated heterocycles. The molecule has 1 saturated carbocycles. The van der Waals surface area contributed by atoms with Gasteiger partial charge in [0.15, 0.2) is 0 Å². The molecule has 4 heterocycles. The lowest BCUT2D eigenvalue weighted by molar-refractivity contribution is 0.102. The Hall–Kier alpha value is -2.51. The van der Waals surface area contributed by atoms with Crippen molar-refractivity contribution < 1.29 is 4.79 Å². The van der Waals surface area contributed by atoms with Crippen LogP contribution < -0.4 is 15.5 Å². The molecule has 0 radical (unpaired) electrons. The van der Waals surface area contributed by atoms with Gasteiger partial charge in [-0.2, -0.15) is 0 Å². The van der Waals surface area contributed by atoms with Gasteiger partial charge in [-0.25, -0.2) is 4.98 Å². The summed E-state index contributed by atoms with van der Waals surface area (Å²) in [4.78, 5) is 26.3. The minimum absolute atomic E-state index is 0.194. The number of likely N-dealkylation sites (tertiary alicyclic amines) is 1. The van der Waals surface area contributed by atoms with Crippen LogP contribution in [0.25, 0.3) is 0 Å². The molecule has 0 bridgehead atoms. The van der Waals surface area contributed by atoms with Crippen molar-refractivity contribution >= 4 is 17.4 Å². The maximum atomic E-state index is 12.6. The minimum atomic E-state index is -0.194. The SMILES string of the molecule is O=C(Nc1ccncc1)c1cccc(N2CC[C@@H](NCC3CCN(C4CCCC4)CC3)C2)n1. The minimum Gasteiger partial charge on any atom is -0.355 e. The summed E-state index contributed by atoms with van der Waals surface area (Å²) in [6.45, 7) is 5.61. The molecule has 1 amide bonds. The number of pyridine rings is 2. The van der Waals surface area contributed by atoms with E-state index in [9.17, 15) is 4.79 Å². The number of aromatic nitrogens is 2. The van der Waals surface area contributed by atoms with E-state index in [1.54, 1.807) is 30.6 Å². The number of nitrogens with one attached hydrogen (secondary N) is 2. The van der Waals surface area contributed by atoms with Gasteiger partial charge in [-0.15, -0.1) is 0 Å². The zero-order valence-corrected chi connectivity index (χ0v) is 19.5. The van der Waals surface area contributed by atoms with Crippen LogP contribution in [0.1, 0.15) is 55.4 Å². The largest absolute Gasteiger partial charge is 0.355 e. The van der Waals surface area contributed by atoms with Gasteiger partial charge in [0.25, 0.3) is 5.91 Å². The molecular weight excluding hydrogens is 412 g/mol. The second kappa shape index (κ2) is 10.6. The highest BCUT2D eigenvalue weighted by Gasteiger charge is 2.28. The first-order valence-electron chi connectivity index (χ1n) is 12.7. The Morgan fingerprint density at radius 3 is 2.55 bits per heavy atom. The third-order valence-electron chi connectivity index (χ3n) is 7.60. The molecule has 2 aliphatic heterocycles. The van der Waals surface area contributed by atoms with E-state index in [0.717, 1.165) is 49.5 Å². The van der Waals surface area contributed by atoms with Gasteiger partial charge < -0.3 is 20.4 Å². The first-order chi connectivity index (χ1) is 16.2. The van der Waals surface area contributed by atoms with Crippen molar-refractivity contribution in [2.45, 2.75) is 57.0 Å². The zero-order valence-electron chi connectivity index (χ0n) is 19.5. The second-order valence-corrected chi connectivity index (χ2v) is 9.83. The summed E-state index contributed by atoms with van der Waals surface area (Å²) in [5, 5.41) is 6.72. The third kappa shape index (κ3) is 5.71. The van der Waals surface area contributed by atoms with Crippen molar-refractivity contribution in [1.29, 1.82) is 0 Å². The van der Waals surface area contributed by atoms with E-state index in [-0.39, 0.29) is 5.91 Å². The van der Waals surface area contributed by atoms with Crippen LogP contribution in [0.2, 0.25) is 0 Å². The fourth-order valence-corrected chi connectivity index (χ4v) is 5.62. The number of hydrogen-bond acceptors (Lipinski definition) is 6. The summed E-state index contributed by atoms with van der Waals surface area (Å²) < 4.78 is 0. The van der Waals surface area contributed by atoms with E-state index in [0.29, 0.717) is 11.7 Å². The van der Waals surface area contributed by atoms with E-state index in [4.69, 9.17) is 0 Å². The maximum Gasteiger partial charge on any atom is 0.274 e. The number of piperidine rings is 1. The second-order valence-electron chi connectivity index (χ2n) is 9.83. The highest BCUT2D eigenvalue weighted by molar-refractivity contribution is 6.03. The number of anilines is 2. The Morgan fingerprint density at radius 2 is 1.76 bits per heavy atom. The normalized spacial score (nSPS) is 22.7. The van der Waals surface area contributed by atoms with Gasteiger partial charge in [0.1, 0.15) is 11.5 Å². The number of hydrogen-bond donors (Lipinski definition) is 2. The van der Waals surface area contributed by atoms with E-state index >= 15 is 0 Å². The van der Waals surface area contributed by atoms with Crippen molar-refractivity contribution in [3.8, 4) is 0 Å². The van der Waals surface area contributed by atoms with Gasteiger partial charge in [0.2, 0.25) is 0 Å². The van der Waals surface area contributed by atoms with Crippen LogP contribution in [0.4, 0.5) is 11.5 Å². The first kappa shape index (κ1) is 22.3. The fourth-order valence-electron chi connectivity index (χ4n) is 5.62. The fraction of sp³-hybridized carbons (Fsp3) is 0.577. The highest BCUT2D eigenvalue weighted by atomic mass is 16.1. The Labute approximate surface area is 197 Å². The number of rotatable bonds is 7. The van der Waals surface area contributed by atoms with E-state index < -0.39 is 0 Å². The Bertz CT molecular complexity index is 908. The Balaban J connectivity index is 1.08. The van der Waals surface area contributed by atoms with Gasteiger partial charge in [0, 0.05) is 43.3 Å². The molecule has 176 valence electrons. The van der Waals surface area contributed by atoms with Crippen LogP contribution in [-0.4, -0.2) is 65.6 Å². The molecule has 5 rings (SSSR count). The number of amides is 1. The van der Waals surface area contributed by atoms with Gasteiger partial charge in [-0.1, -0.05) is 18.9 Å². The predicted octanol–water partition coefficient (Wildman–Crippen LogP) is 3.55. The van der Waals surface area contributed by atoms with Crippen LogP contribution in [0, 0.1) is 5.92 Å². The molecule has 33 heavy (non-hydrogen) atoms. The predicted molar refractivity (Wildman–Crippen MR) is 132 cm³/mol. The van der Waals surface area contributed by atoms with Crippen LogP contribution >= 0.6 is 0 Å². The molecule has 1 atom stereocenters. The van der Waals surface area contributed by atoms with Gasteiger partial charge in [-0.3, -0.25) is 9.78 Å². The van der Waals surface area contributed by atoms with E-state index in [1.807, 2.05) is 12.1 Å². The topological polar surface area (TPSA) is 73.4 Å². The molecular formula is C26H36N6O. The van der Waals surface area contributed by atoms with Crippen LogP contribution in [0.5, 0.6) is 0 Å². The molecule has 0 aromatic carbocycles. The smallest absolute Gasteiger partial charge is 0.274 e. The lowest BCUT2D eigenvalue weighted by atomic mass is 9.95. The molecule has 1 aliphatic carbocycles. The molecule has 7 nitrogen and oxygen atoms in total. The Kier molecular flexibility index (Phi) is 7.17. The van der Waals surface area contributed by atoms with Crippen LogP contribution in [0.3, 0.4) is 0 Å². The monoisotopic (exact) mass is 448 g/mol. The summed E-state index contributed by atoms with van der Waals surface area (Å²) in [5.74, 6) is 1.49.